The molecule has 0 radical (unpaired) electrons. The molecule has 1 heterocycles. The molecule has 4 atom stereocenters. The molecular weight excluding hydrogens is 306 g/mol. The van der Waals surface area contributed by atoms with Crippen LogP contribution >= 0.6 is 0 Å². The molecule has 24 heavy (non-hydrogen) atoms. The normalized spacial score (nSPS) is 25.9. The maximum atomic E-state index is 12.5. The van der Waals surface area contributed by atoms with Crippen LogP contribution in [-0.2, 0) is 0 Å². The fraction of sp³-hybridized carbons (Fsp3) is 0.278. The van der Waals surface area contributed by atoms with E-state index in [2.05, 4.69) is 10.3 Å². The fourth-order valence-electron chi connectivity index (χ4n) is 3.11. The van der Waals surface area contributed by atoms with E-state index in [1.165, 1.54) is 6.07 Å². The molecule has 0 spiro atoms. The summed E-state index contributed by atoms with van der Waals surface area (Å²) in [5.41, 5.74) is 1.58. The van der Waals surface area contributed by atoms with Crippen LogP contribution in [0.25, 0.3) is 0 Å². The Morgan fingerprint density at radius 1 is 1.29 bits per heavy atom. The van der Waals surface area contributed by atoms with E-state index in [0.29, 0.717) is 17.5 Å². The maximum Gasteiger partial charge on any atom is 0.251 e. The number of hydrogen-bond acceptors (Lipinski definition) is 5. The summed E-state index contributed by atoms with van der Waals surface area (Å²) in [7, 11) is 0. The number of carbonyl (C=O) groups excluding carboxylic acids is 1. The first-order chi connectivity index (χ1) is 11.6. The van der Waals surface area contributed by atoms with Crippen LogP contribution in [0.2, 0.25) is 0 Å². The Morgan fingerprint density at radius 2 is 2.12 bits per heavy atom. The second-order valence-corrected chi connectivity index (χ2v) is 5.88. The lowest BCUT2D eigenvalue weighted by atomic mass is 9.94. The third kappa shape index (κ3) is 3.13. The first kappa shape index (κ1) is 16.1. The van der Waals surface area contributed by atoms with Crippen molar-refractivity contribution < 1.29 is 15.0 Å². The van der Waals surface area contributed by atoms with Gasteiger partial charge in [-0.15, -0.1) is 0 Å². The number of nitrogens with zero attached hydrogens (tertiary/aromatic N) is 2. The largest absolute Gasteiger partial charge is 0.390 e. The van der Waals surface area contributed by atoms with E-state index in [-0.39, 0.29) is 11.8 Å². The zero-order valence-electron chi connectivity index (χ0n) is 12.8. The van der Waals surface area contributed by atoms with Gasteiger partial charge >= 0.3 is 0 Å². The van der Waals surface area contributed by atoms with Gasteiger partial charge in [-0.05, 0) is 36.2 Å². The van der Waals surface area contributed by atoms with Crippen LogP contribution < -0.4 is 5.32 Å². The lowest BCUT2D eigenvalue weighted by Crippen LogP contribution is -2.45. The van der Waals surface area contributed by atoms with E-state index in [1.807, 2.05) is 12.1 Å². The van der Waals surface area contributed by atoms with Crippen LogP contribution in [-0.4, -0.2) is 39.4 Å². The van der Waals surface area contributed by atoms with E-state index < -0.39 is 18.2 Å². The summed E-state index contributed by atoms with van der Waals surface area (Å²) in [5, 5.41) is 32.0. The van der Waals surface area contributed by atoms with Crippen LogP contribution in [0, 0.1) is 11.3 Å². The molecule has 4 unspecified atom stereocenters. The SMILES string of the molecule is N#Cc1cccc(C(=O)NC2C(c3cccnc3)CC(O)C2O)c1. The number of pyridine rings is 1. The Bertz CT molecular complexity index is 773. The quantitative estimate of drug-likeness (QED) is 0.780. The van der Waals surface area contributed by atoms with Crippen molar-refractivity contribution >= 4 is 5.91 Å². The summed E-state index contributed by atoms with van der Waals surface area (Å²) < 4.78 is 0. The number of nitriles is 1. The number of rotatable bonds is 3. The molecule has 0 bridgehead atoms. The van der Waals surface area contributed by atoms with Crippen molar-refractivity contribution in [3.05, 3.63) is 65.5 Å². The molecule has 1 aromatic heterocycles. The molecule has 6 nitrogen and oxygen atoms in total. The molecule has 1 amide bonds. The lowest BCUT2D eigenvalue weighted by Gasteiger charge is -2.23. The third-order valence-corrected chi connectivity index (χ3v) is 4.36. The number of hydrogen-bond donors (Lipinski definition) is 3. The Balaban J connectivity index is 1.83. The predicted molar refractivity (Wildman–Crippen MR) is 86.0 cm³/mol. The molecule has 0 aliphatic heterocycles. The van der Waals surface area contributed by atoms with Crippen LogP contribution in [0.4, 0.5) is 0 Å². The van der Waals surface area contributed by atoms with E-state index in [0.717, 1.165) is 5.56 Å². The highest BCUT2D eigenvalue weighted by atomic mass is 16.3. The highest BCUT2D eigenvalue weighted by molar-refractivity contribution is 5.94. The molecule has 3 rings (SSSR count). The first-order valence-corrected chi connectivity index (χ1v) is 7.67. The van der Waals surface area contributed by atoms with Gasteiger partial charge in [-0.1, -0.05) is 12.1 Å². The number of benzene rings is 1. The zero-order chi connectivity index (χ0) is 17.1. The summed E-state index contributed by atoms with van der Waals surface area (Å²) in [4.78, 5) is 16.5. The van der Waals surface area contributed by atoms with Gasteiger partial charge in [0.2, 0.25) is 0 Å². The van der Waals surface area contributed by atoms with Gasteiger partial charge in [0.05, 0.1) is 23.8 Å². The summed E-state index contributed by atoms with van der Waals surface area (Å²) in [6.07, 6.45) is 1.69. The average molecular weight is 323 g/mol. The minimum Gasteiger partial charge on any atom is -0.390 e. The number of aliphatic hydroxyl groups excluding tert-OH is 2. The average Bonchev–Trinajstić information content (AvgIpc) is 2.91. The van der Waals surface area contributed by atoms with Gasteiger partial charge in [0.1, 0.15) is 6.10 Å². The van der Waals surface area contributed by atoms with Crippen LogP contribution in [0.1, 0.15) is 33.8 Å². The molecule has 1 aliphatic carbocycles. The molecule has 122 valence electrons. The minimum absolute atomic E-state index is 0.230. The third-order valence-electron chi connectivity index (χ3n) is 4.36. The van der Waals surface area contributed by atoms with Crippen molar-refractivity contribution in [2.24, 2.45) is 0 Å². The van der Waals surface area contributed by atoms with Crippen molar-refractivity contribution in [3.8, 4) is 6.07 Å². The minimum atomic E-state index is -1.06. The number of aromatic nitrogens is 1. The Morgan fingerprint density at radius 3 is 2.83 bits per heavy atom. The van der Waals surface area contributed by atoms with Crippen LogP contribution in [0.3, 0.4) is 0 Å². The number of nitrogens with one attached hydrogen (secondary N) is 1. The summed E-state index contributed by atoms with van der Waals surface area (Å²) in [6.45, 7) is 0. The topological polar surface area (TPSA) is 106 Å². The van der Waals surface area contributed by atoms with E-state index in [1.54, 1.807) is 36.7 Å². The summed E-state index contributed by atoms with van der Waals surface area (Å²) >= 11 is 0. The molecule has 1 fully saturated rings. The lowest BCUT2D eigenvalue weighted by molar-refractivity contribution is 0.0294. The highest BCUT2D eigenvalue weighted by Gasteiger charge is 2.43. The van der Waals surface area contributed by atoms with Crippen molar-refractivity contribution in [3.63, 3.8) is 0 Å². The van der Waals surface area contributed by atoms with Gasteiger partial charge in [0, 0.05) is 23.9 Å². The fourth-order valence-corrected chi connectivity index (χ4v) is 3.11. The van der Waals surface area contributed by atoms with Crippen molar-refractivity contribution in [1.29, 1.82) is 5.26 Å². The molecule has 1 aliphatic rings. The molecule has 6 heteroatoms. The van der Waals surface area contributed by atoms with E-state index >= 15 is 0 Å². The van der Waals surface area contributed by atoms with Gasteiger partial charge in [0.15, 0.2) is 0 Å². The highest BCUT2D eigenvalue weighted by Crippen LogP contribution is 2.35. The van der Waals surface area contributed by atoms with E-state index in [4.69, 9.17) is 5.26 Å². The molecule has 1 aromatic carbocycles. The second-order valence-electron chi connectivity index (χ2n) is 5.88. The zero-order valence-corrected chi connectivity index (χ0v) is 12.8. The molecule has 1 saturated carbocycles. The standard InChI is InChI=1S/C18H17N3O3/c19-9-11-3-1-4-12(7-11)18(24)21-16-14(8-15(22)17(16)23)13-5-2-6-20-10-13/h1-7,10,14-17,22-23H,8H2,(H,21,24). The maximum absolute atomic E-state index is 12.5. The second kappa shape index (κ2) is 6.79. The van der Waals surface area contributed by atoms with Crippen molar-refractivity contribution in [2.45, 2.75) is 30.6 Å². The Labute approximate surface area is 139 Å². The van der Waals surface area contributed by atoms with Gasteiger partial charge in [-0.25, -0.2) is 0 Å². The van der Waals surface area contributed by atoms with Gasteiger partial charge < -0.3 is 15.5 Å². The van der Waals surface area contributed by atoms with E-state index in [9.17, 15) is 15.0 Å². The van der Waals surface area contributed by atoms with Crippen molar-refractivity contribution in [1.82, 2.24) is 10.3 Å². The van der Waals surface area contributed by atoms with Gasteiger partial charge in [0.25, 0.3) is 5.91 Å². The predicted octanol–water partition coefficient (Wildman–Crippen LogP) is 0.961. The Hall–Kier alpha value is -2.75. The monoisotopic (exact) mass is 323 g/mol. The van der Waals surface area contributed by atoms with Gasteiger partial charge in [-0.2, -0.15) is 5.26 Å². The van der Waals surface area contributed by atoms with Gasteiger partial charge in [-0.3, -0.25) is 9.78 Å². The summed E-state index contributed by atoms with van der Waals surface area (Å²) in [6, 6.07) is 11.3. The van der Waals surface area contributed by atoms with Crippen molar-refractivity contribution in [2.75, 3.05) is 0 Å². The summed E-state index contributed by atoms with van der Waals surface area (Å²) in [5.74, 6) is -0.620. The van der Waals surface area contributed by atoms with Crippen LogP contribution in [0.15, 0.2) is 48.8 Å². The van der Waals surface area contributed by atoms with Crippen LogP contribution in [0.5, 0.6) is 0 Å². The molecule has 3 N–H and O–H groups in total. The number of aliphatic hydroxyl groups is 2. The molecular formula is C18H17N3O3. The molecule has 0 saturated heterocycles. The Kier molecular flexibility index (Phi) is 4.56. The molecule has 2 aromatic rings. The smallest absolute Gasteiger partial charge is 0.251 e. The number of amides is 1. The number of carbonyl (C=O) groups is 1. The first-order valence-electron chi connectivity index (χ1n) is 7.67.